The standard InChI is InChI=1S/C11H11F3INO3/c1-3-18-9(17)5-7-10(19-11(12,13)14)6(2)4-8(15)16-7/h4H,3,5H2,1-2H3. The Morgan fingerprint density at radius 3 is 2.63 bits per heavy atom. The number of hydrogen-bond acceptors (Lipinski definition) is 4. The van der Waals surface area contributed by atoms with Gasteiger partial charge in [-0.3, -0.25) is 4.79 Å². The van der Waals surface area contributed by atoms with Crippen molar-refractivity contribution in [3.63, 3.8) is 0 Å². The molecule has 0 saturated carbocycles. The molecule has 0 atom stereocenters. The zero-order chi connectivity index (χ0) is 14.6. The lowest BCUT2D eigenvalue weighted by molar-refractivity contribution is -0.275. The summed E-state index contributed by atoms with van der Waals surface area (Å²) in [7, 11) is 0. The molecule has 0 aliphatic rings. The Morgan fingerprint density at radius 2 is 2.11 bits per heavy atom. The molecule has 0 unspecified atom stereocenters. The van der Waals surface area contributed by atoms with Crippen molar-refractivity contribution in [1.29, 1.82) is 0 Å². The predicted molar refractivity (Wildman–Crippen MR) is 68.7 cm³/mol. The fraction of sp³-hybridized carbons (Fsp3) is 0.455. The number of rotatable bonds is 4. The Kier molecular flexibility index (Phi) is 5.39. The lowest BCUT2D eigenvalue weighted by Gasteiger charge is -2.15. The van der Waals surface area contributed by atoms with E-state index >= 15 is 0 Å². The molecular weight excluding hydrogens is 378 g/mol. The molecule has 0 fully saturated rings. The molecule has 0 radical (unpaired) electrons. The lowest BCUT2D eigenvalue weighted by Crippen LogP contribution is -2.20. The van der Waals surface area contributed by atoms with Crippen LogP contribution in [-0.4, -0.2) is 23.9 Å². The van der Waals surface area contributed by atoms with E-state index in [0.29, 0.717) is 3.70 Å². The van der Waals surface area contributed by atoms with Crippen molar-refractivity contribution in [2.45, 2.75) is 26.6 Å². The van der Waals surface area contributed by atoms with Crippen LogP contribution in [-0.2, 0) is 16.0 Å². The fourth-order valence-corrected chi connectivity index (χ4v) is 2.17. The summed E-state index contributed by atoms with van der Waals surface area (Å²) in [5.74, 6) is -1.09. The highest BCUT2D eigenvalue weighted by molar-refractivity contribution is 14.1. The van der Waals surface area contributed by atoms with E-state index in [-0.39, 0.29) is 24.3 Å². The maximum Gasteiger partial charge on any atom is 0.573 e. The number of halogens is 4. The van der Waals surface area contributed by atoms with Gasteiger partial charge < -0.3 is 9.47 Å². The molecule has 1 aromatic rings. The number of carbonyl (C=O) groups is 1. The van der Waals surface area contributed by atoms with Gasteiger partial charge in [-0.2, -0.15) is 0 Å². The van der Waals surface area contributed by atoms with Gasteiger partial charge in [-0.1, -0.05) is 0 Å². The minimum atomic E-state index is -4.83. The SMILES string of the molecule is CCOC(=O)Cc1nc(I)cc(C)c1OC(F)(F)F. The van der Waals surface area contributed by atoms with Crippen molar-refractivity contribution in [2.75, 3.05) is 6.61 Å². The second-order valence-corrected chi connectivity index (χ2v) is 4.67. The quantitative estimate of drug-likeness (QED) is 0.452. The molecule has 0 spiro atoms. The third kappa shape index (κ3) is 5.21. The molecule has 106 valence electrons. The van der Waals surface area contributed by atoms with Crippen LogP contribution in [0.1, 0.15) is 18.2 Å². The van der Waals surface area contributed by atoms with Crippen LogP contribution >= 0.6 is 22.6 Å². The summed E-state index contributed by atoms with van der Waals surface area (Å²) in [4.78, 5) is 15.3. The van der Waals surface area contributed by atoms with Crippen LogP contribution in [0.4, 0.5) is 13.2 Å². The summed E-state index contributed by atoms with van der Waals surface area (Å²) in [5.41, 5.74) is 0.177. The molecule has 8 heteroatoms. The average Bonchev–Trinajstić information content (AvgIpc) is 2.22. The van der Waals surface area contributed by atoms with Gasteiger partial charge in [0, 0.05) is 0 Å². The summed E-state index contributed by atoms with van der Waals surface area (Å²) in [6, 6.07) is 1.44. The molecule has 0 saturated heterocycles. The number of aromatic nitrogens is 1. The molecule has 0 N–H and O–H groups in total. The maximum absolute atomic E-state index is 12.3. The highest BCUT2D eigenvalue weighted by Crippen LogP contribution is 2.30. The van der Waals surface area contributed by atoms with Crippen LogP contribution in [0.25, 0.3) is 0 Å². The largest absolute Gasteiger partial charge is 0.573 e. The first-order chi connectivity index (χ1) is 8.73. The van der Waals surface area contributed by atoms with E-state index in [0.717, 1.165) is 0 Å². The molecule has 0 aliphatic carbocycles. The molecule has 0 aliphatic heterocycles. The second-order valence-electron chi connectivity index (χ2n) is 3.57. The second kappa shape index (κ2) is 6.40. The predicted octanol–water partition coefficient (Wildman–Crippen LogP) is 3.00. The molecule has 1 aromatic heterocycles. The van der Waals surface area contributed by atoms with Crippen LogP contribution in [0.2, 0.25) is 0 Å². The summed E-state index contributed by atoms with van der Waals surface area (Å²) < 4.78 is 46.1. The number of esters is 1. The summed E-state index contributed by atoms with van der Waals surface area (Å²) in [6.45, 7) is 3.22. The Labute approximate surface area is 121 Å². The van der Waals surface area contributed by atoms with Crippen LogP contribution in [0, 0.1) is 10.6 Å². The molecule has 1 rings (SSSR count). The summed E-state index contributed by atoms with van der Waals surface area (Å²) in [5, 5.41) is 0. The Hall–Kier alpha value is -1.06. The van der Waals surface area contributed by atoms with Gasteiger partial charge >= 0.3 is 12.3 Å². The normalized spacial score (nSPS) is 11.3. The van der Waals surface area contributed by atoms with Gasteiger partial charge in [-0.05, 0) is 48.1 Å². The van der Waals surface area contributed by atoms with Gasteiger partial charge in [0.2, 0.25) is 0 Å². The number of hydrogen-bond donors (Lipinski definition) is 0. The summed E-state index contributed by atoms with van der Waals surface area (Å²) >= 11 is 1.85. The van der Waals surface area contributed by atoms with Crippen molar-refractivity contribution in [3.05, 3.63) is 21.0 Å². The lowest BCUT2D eigenvalue weighted by atomic mass is 10.2. The first kappa shape index (κ1) is 16.0. The Morgan fingerprint density at radius 1 is 1.47 bits per heavy atom. The molecule has 1 heterocycles. The molecule has 19 heavy (non-hydrogen) atoms. The van der Waals surface area contributed by atoms with Crippen LogP contribution in [0.5, 0.6) is 5.75 Å². The number of ether oxygens (including phenoxy) is 2. The van der Waals surface area contributed by atoms with Gasteiger partial charge in [0.05, 0.1) is 18.7 Å². The van der Waals surface area contributed by atoms with E-state index in [2.05, 4.69) is 9.72 Å². The average molecular weight is 389 g/mol. The summed E-state index contributed by atoms with van der Waals surface area (Å²) in [6.07, 6.45) is -5.19. The smallest absolute Gasteiger partial charge is 0.466 e. The number of carbonyl (C=O) groups excluding carboxylic acids is 1. The molecule has 0 bridgehead atoms. The highest BCUT2D eigenvalue weighted by Gasteiger charge is 2.33. The number of aryl methyl sites for hydroxylation is 1. The van der Waals surface area contributed by atoms with Gasteiger partial charge in [-0.15, -0.1) is 13.2 Å². The van der Waals surface area contributed by atoms with E-state index in [1.165, 1.54) is 13.0 Å². The van der Waals surface area contributed by atoms with Crippen LogP contribution in [0.15, 0.2) is 6.07 Å². The van der Waals surface area contributed by atoms with Crippen molar-refractivity contribution < 1.29 is 27.4 Å². The van der Waals surface area contributed by atoms with Crippen molar-refractivity contribution in [1.82, 2.24) is 4.98 Å². The fourth-order valence-electron chi connectivity index (χ4n) is 1.41. The van der Waals surface area contributed by atoms with E-state index < -0.39 is 18.1 Å². The Bertz CT molecular complexity index is 477. The minimum absolute atomic E-state index is 0.0832. The number of alkyl halides is 3. The first-order valence-corrected chi connectivity index (χ1v) is 6.38. The van der Waals surface area contributed by atoms with E-state index in [1.807, 2.05) is 22.6 Å². The van der Waals surface area contributed by atoms with Gasteiger partial charge in [0.25, 0.3) is 0 Å². The first-order valence-electron chi connectivity index (χ1n) is 5.30. The Balaban J connectivity index is 3.09. The highest BCUT2D eigenvalue weighted by atomic mass is 127. The van der Waals surface area contributed by atoms with Crippen molar-refractivity contribution in [3.8, 4) is 5.75 Å². The van der Waals surface area contributed by atoms with E-state index in [1.54, 1.807) is 6.92 Å². The number of nitrogens with zero attached hydrogens (tertiary/aromatic N) is 1. The van der Waals surface area contributed by atoms with E-state index in [4.69, 9.17) is 4.74 Å². The molecular formula is C11H11F3INO3. The van der Waals surface area contributed by atoms with Crippen LogP contribution in [0.3, 0.4) is 0 Å². The van der Waals surface area contributed by atoms with E-state index in [9.17, 15) is 18.0 Å². The van der Waals surface area contributed by atoms with Crippen molar-refractivity contribution in [2.24, 2.45) is 0 Å². The minimum Gasteiger partial charge on any atom is -0.466 e. The topological polar surface area (TPSA) is 48.4 Å². The van der Waals surface area contributed by atoms with Gasteiger partial charge in [0.1, 0.15) is 3.70 Å². The third-order valence-electron chi connectivity index (χ3n) is 2.03. The van der Waals surface area contributed by atoms with Gasteiger partial charge in [0.15, 0.2) is 5.75 Å². The zero-order valence-corrected chi connectivity index (χ0v) is 12.3. The molecule has 4 nitrogen and oxygen atoms in total. The monoisotopic (exact) mass is 389 g/mol. The van der Waals surface area contributed by atoms with Crippen LogP contribution < -0.4 is 4.74 Å². The third-order valence-corrected chi connectivity index (χ3v) is 2.59. The zero-order valence-electron chi connectivity index (χ0n) is 10.2. The number of pyridine rings is 1. The molecule has 0 aromatic carbocycles. The van der Waals surface area contributed by atoms with Gasteiger partial charge in [-0.25, -0.2) is 4.98 Å². The maximum atomic E-state index is 12.3. The molecule has 0 amide bonds. The van der Waals surface area contributed by atoms with Crippen molar-refractivity contribution >= 4 is 28.6 Å².